The highest BCUT2D eigenvalue weighted by atomic mass is 16.6. The molecule has 12 fully saturated rings. The molecule has 12 rings (SSSR count). The zero-order chi connectivity index (χ0) is 28.5. The van der Waals surface area contributed by atoms with E-state index >= 15 is 0 Å². The molecule has 12 aliphatic carbocycles. The molecule has 0 aromatic heterocycles. The third-order valence-electron chi connectivity index (χ3n) is 15.3. The topological polar surface area (TPSA) is 71.1 Å². The summed E-state index contributed by atoms with van der Waals surface area (Å²) >= 11 is 0. The standard InChI is InChI=1S/C36H52O6/c1-39-19-35(27-6-21-3-22(8-27)9-28(35)7-21)41-31(37)33-14-25-5-26(15-33)17-34(16-25,18-33)32(38)42-36(20-40-2)29-10-23-4-24(12-29)13-30(36)11-23/h21-30H,3-20H2,1-2H3. The predicted octanol–water partition coefficient (Wildman–Crippen LogP) is 6.34. The van der Waals surface area contributed by atoms with E-state index in [9.17, 15) is 9.59 Å². The first-order valence-corrected chi connectivity index (χ1v) is 17.7. The normalized spacial score (nSPS) is 55.8. The lowest BCUT2D eigenvalue weighted by Crippen LogP contribution is -2.66. The van der Waals surface area contributed by atoms with Gasteiger partial charge >= 0.3 is 11.9 Å². The van der Waals surface area contributed by atoms with E-state index in [0.717, 1.165) is 55.8 Å². The average Bonchev–Trinajstić information content (AvgIpc) is 2.93. The van der Waals surface area contributed by atoms with Crippen LogP contribution in [0.1, 0.15) is 103 Å². The van der Waals surface area contributed by atoms with Gasteiger partial charge in [-0.15, -0.1) is 0 Å². The summed E-state index contributed by atoms with van der Waals surface area (Å²) in [6, 6.07) is 0. The van der Waals surface area contributed by atoms with E-state index in [1.54, 1.807) is 14.2 Å². The van der Waals surface area contributed by atoms with Gasteiger partial charge in [0.1, 0.15) is 11.2 Å². The van der Waals surface area contributed by atoms with Crippen molar-refractivity contribution in [3.05, 3.63) is 0 Å². The van der Waals surface area contributed by atoms with Crippen LogP contribution in [-0.2, 0) is 28.5 Å². The van der Waals surface area contributed by atoms with Gasteiger partial charge in [0.15, 0.2) is 0 Å². The van der Waals surface area contributed by atoms with Gasteiger partial charge in [-0.05, 0) is 138 Å². The van der Waals surface area contributed by atoms with Crippen molar-refractivity contribution in [2.45, 2.75) is 114 Å². The van der Waals surface area contributed by atoms with E-state index in [4.69, 9.17) is 18.9 Å². The van der Waals surface area contributed by atoms with Gasteiger partial charge in [0.05, 0.1) is 24.0 Å². The van der Waals surface area contributed by atoms with E-state index in [-0.39, 0.29) is 11.9 Å². The van der Waals surface area contributed by atoms with Crippen LogP contribution in [0.2, 0.25) is 0 Å². The first-order chi connectivity index (χ1) is 20.3. The Labute approximate surface area is 251 Å². The maximum Gasteiger partial charge on any atom is 0.312 e. The van der Waals surface area contributed by atoms with Gasteiger partial charge in [-0.1, -0.05) is 0 Å². The van der Waals surface area contributed by atoms with Crippen molar-refractivity contribution >= 4 is 11.9 Å². The maximum atomic E-state index is 14.6. The molecule has 0 aromatic carbocycles. The van der Waals surface area contributed by atoms with E-state index in [2.05, 4.69) is 0 Å². The molecule has 12 saturated carbocycles. The molecule has 0 saturated heterocycles. The Balaban J connectivity index is 0.999. The van der Waals surface area contributed by atoms with E-state index < -0.39 is 22.0 Å². The second-order valence-electron chi connectivity index (χ2n) is 17.7. The van der Waals surface area contributed by atoms with E-state index in [1.807, 2.05) is 0 Å². The molecule has 0 heterocycles. The fourth-order valence-electron chi connectivity index (χ4n) is 14.6. The van der Waals surface area contributed by atoms with Gasteiger partial charge in [-0.2, -0.15) is 0 Å². The lowest BCUT2D eigenvalue weighted by molar-refractivity contribution is -0.251. The molecule has 232 valence electrons. The molecule has 0 spiro atoms. The van der Waals surface area contributed by atoms with Crippen molar-refractivity contribution in [2.75, 3.05) is 27.4 Å². The molecule has 0 amide bonds. The SMILES string of the molecule is COCC1(OC(=O)C23CC4CC(C2)CC(C(=O)OC2(COC)C5CC6CC(C5)CC2C6)(C4)C3)C2CC3CC(C2)CC1C3. The molecule has 6 nitrogen and oxygen atoms in total. The highest BCUT2D eigenvalue weighted by Crippen LogP contribution is 2.68. The minimum absolute atomic E-state index is 0.000438. The molecule has 0 radical (unpaired) electrons. The highest BCUT2D eigenvalue weighted by molar-refractivity contribution is 5.83. The van der Waals surface area contributed by atoms with Crippen molar-refractivity contribution in [3.8, 4) is 0 Å². The molecular weight excluding hydrogens is 528 g/mol. The van der Waals surface area contributed by atoms with Crippen LogP contribution >= 0.6 is 0 Å². The lowest BCUT2D eigenvalue weighted by Gasteiger charge is -2.63. The number of carbonyl (C=O) groups excluding carboxylic acids is 2. The molecule has 0 unspecified atom stereocenters. The van der Waals surface area contributed by atoms with Gasteiger partial charge in [0, 0.05) is 37.9 Å². The zero-order valence-electron chi connectivity index (χ0n) is 26.0. The summed E-state index contributed by atoms with van der Waals surface area (Å²) in [5.74, 6) is 5.76. The van der Waals surface area contributed by atoms with Crippen molar-refractivity contribution in [1.29, 1.82) is 0 Å². The van der Waals surface area contributed by atoms with E-state index in [0.29, 0.717) is 55.1 Å². The summed E-state index contributed by atoms with van der Waals surface area (Å²) in [5.41, 5.74) is -2.04. The highest BCUT2D eigenvalue weighted by Gasteiger charge is 2.68. The number of hydrogen-bond donors (Lipinski definition) is 0. The van der Waals surface area contributed by atoms with Crippen LogP contribution in [0.4, 0.5) is 0 Å². The monoisotopic (exact) mass is 580 g/mol. The summed E-state index contributed by atoms with van der Waals surface area (Å²) in [5, 5.41) is 0. The summed E-state index contributed by atoms with van der Waals surface area (Å²) in [7, 11) is 3.55. The van der Waals surface area contributed by atoms with Gasteiger partial charge in [0.2, 0.25) is 0 Å². The number of ether oxygens (including phenoxy) is 4. The van der Waals surface area contributed by atoms with E-state index in [1.165, 1.54) is 64.2 Å². The Bertz CT molecular complexity index is 988. The third kappa shape index (κ3) is 3.69. The molecule has 0 aromatic rings. The molecule has 12 bridgehead atoms. The second kappa shape index (κ2) is 9.21. The Morgan fingerprint density at radius 3 is 1.12 bits per heavy atom. The number of methoxy groups -OCH3 is 2. The summed E-state index contributed by atoms with van der Waals surface area (Å²) in [6.07, 6.45) is 17.5. The second-order valence-corrected chi connectivity index (χ2v) is 17.7. The molecule has 0 aliphatic heterocycles. The fourth-order valence-corrected chi connectivity index (χ4v) is 14.6. The van der Waals surface area contributed by atoms with Crippen LogP contribution in [0.5, 0.6) is 0 Å². The summed E-state index contributed by atoms with van der Waals surface area (Å²) in [6.45, 7) is 1.04. The largest absolute Gasteiger partial charge is 0.456 e. The van der Waals surface area contributed by atoms with Crippen LogP contribution in [0.15, 0.2) is 0 Å². The number of esters is 2. The molecular formula is C36H52O6. The first kappa shape index (κ1) is 27.2. The molecule has 0 N–H and O–H groups in total. The van der Waals surface area contributed by atoms with Crippen LogP contribution < -0.4 is 0 Å². The van der Waals surface area contributed by atoms with Crippen molar-refractivity contribution in [1.82, 2.24) is 0 Å². The van der Waals surface area contributed by atoms with Crippen LogP contribution in [0.25, 0.3) is 0 Å². The number of carbonyl (C=O) groups is 2. The van der Waals surface area contributed by atoms with Crippen molar-refractivity contribution in [3.63, 3.8) is 0 Å². The molecule has 0 atom stereocenters. The van der Waals surface area contributed by atoms with Crippen molar-refractivity contribution < 1.29 is 28.5 Å². The molecule has 6 heteroatoms. The third-order valence-corrected chi connectivity index (χ3v) is 15.3. The number of hydrogen-bond acceptors (Lipinski definition) is 6. The summed E-state index contributed by atoms with van der Waals surface area (Å²) in [4.78, 5) is 29.3. The van der Waals surface area contributed by atoms with Crippen LogP contribution in [0, 0.1) is 70.0 Å². The van der Waals surface area contributed by atoms with Gasteiger partial charge < -0.3 is 18.9 Å². The Morgan fingerprint density at radius 2 is 0.810 bits per heavy atom. The zero-order valence-corrected chi connectivity index (χ0v) is 26.0. The molecule has 12 aliphatic rings. The van der Waals surface area contributed by atoms with Crippen molar-refractivity contribution in [2.24, 2.45) is 70.0 Å². The average molecular weight is 581 g/mol. The lowest BCUT2D eigenvalue weighted by atomic mass is 9.44. The maximum absolute atomic E-state index is 14.6. The van der Waals surface area contributed by atoms with Crippen LogP contribution in [-0.4, -0.2) is 50.6 Å². The van der Waals surface area contributed by atoms with Gasteiger partial charge in [-0.25, -0.2) is 0 Å². The predicted molar refractivity (Wildman–Crippen MR) is 155 cm³/mol. The minimum atomic E-state index is -0.545. The Morgan fingerprint density at radius 1 is 0.500 bits per heavy atom. The fraction of sp³-hybridized carbons (Fsp3) is 0.944. The van der Waals surface area contributed by atoms with Gasteiger partial charge in [-0.3, -0.25) is 9.59 Å². The number of rotatable bonds is 8. The van der Waals surface area contributed by atoms with Crippen LogP contribution in [0.3, 0.4) is 0 Å². The molecule has 42 heavy (non-hydrogen) atoms. The smallest absolute Gasteiger partial charge is 0.312 e. The Kier molecular flexibility index (Phi) is 5.96. The first-order valence-electron chi connectivity index (χ1n) is 17.7. The van der Waals surface area contributed by atoms with Gasteiger partial charge in [0.25, 0.3) is 0 Å². The summed E-state index contributed by atoms with van der Waals surface area (Å²) < 4.78 is 25.5. The Hall–Kier alpha value is -1.14. The minimum Gasteiger partial charge on any atom is -0.456 e. The quantitative estimate of drug-likeness (QED) is 0.312.